The first-order valence-corrected chi connectivity index (χ1v) is 3.29. The zero-order valence-corrected chi connectivity index (χ0v) is 6.16. The van der Waals surface area contributed by atoms with Crippen molar-refractivity contribution < 1.29 is 24.5 Å². The Morgan fingerprint density at radius 3 is 2.62 bits per heavy atom. The molecule has 1 heterocycles. The van der Waals surface area contributed by atoms with Gasteiger partial charge in [-0.2, -0.15) is 0 Å². The van der Waals surface area contributed by atoms with Gasteiger partial charge in [0.25, 0.3) is 0 Å². The summed E-state index contributed by atoms with van der Waals surface area (Å²) in [5, 5.41) is 1.76. The van der Waals surface area contributed by atoms with E-state index in [0.29, 0.717) is 0 Å². The van der Waals surface area contributed by atoms with Crippen molar-refractivity contribution in [2.24, 2.45) is 0 Å². The maximum atomic E-state index is 13.5. The minimum atomic E-state index is -2.95. The molecule has 4 heteroatoms. The molecule has 1 N–H and O–H groups in total. The van der Waals surface area contributed by atoms with Crippen molar-refractivity contribution in [1.82, 2.24) is 5.32 Å². The molecule has 2 nitrogen and oxygen atoms in total. The van der Waals surface area contributed by atoms with Gasteiger partial charge in [0.2, 0.25) is 0 Å². The van der Waals surface area contributed by atoms with E-state index in [-0.39, 0.29) is 0 Å². The molecule has 1 saturated heterocycles. The Balaban J connectivity index is 2.55. The Kier molecular flexibility index (Phi) is 0.813. The Hall–Kier alpha value is -1.16. The third kappa shape index (κ3) is 1.95. The number of hydrogen-bond acceptors (Lipinski definition) is 2. The molecule has 0 amide bonds. The van der Waals surface area contributed by atoms with Gasteiger partial charge in [0, 0.05) is 36.6 Å². The number of rotatable bonds is 2. The summed E-state index contributed by atoms with van der Waals surface area (Å²) in [4.78, 5) is 0. The van der Waals surface area contributed by atoms with Gasteiger partial charge in [-0.1, -0.05) is 0 Å². The first-order valence-electron chi connectivity index (χ1n) is 7.29. The van der Waals surface area contributed by atoms with Crippen LogP contribution in [-0.2, 0) is 0 Å². The number of ether oxygens (including phenoxy) is 1. The molecule has 0 aromatic heterocycles. The van der Waals surface area contributed by atoms with Crippen molar-refractivity contribution in [1.29, 1.82) is 0 Å². The highest BCUT2D eigenvalue weighted by molar-refractivity contribution is 5.24. The Labute approximate surface area is 85.8 Å². The number of hydrogen-bond donors (Lipinski definition) is 1. The molecule has 1 aliphatic heterocycles. The summed E-state index contributed by atoms with van der Waals surface area (Å²) >= 11 is 0. The Morgan fingerprint density at radius 2 is 2.08 bits per heavy atom. The standard InChI is InChI=1S/C9H9F2NO/c10-6-1-7(11)3-8(2-6)13-9-4-12-5-9/h1-3,9,12H,4-5H2/i1D,2D,3D,4D2,5D2,9D. The SMILES string of the molecule is [2H]c1c(F)c([2H])c(OC2([2H])C([2H])([2H])NC2([2H])[2H])c([2H])c1F. The van der Waals surface area contributed by atoms with Crippen LogP contribution in [0, 0.1) is 11.6 Å². The zero-order chi connectivity index (χ0) is 16.4. The molecule has 0 spiro atoms. The summed E-state index contributed by atoms with van der Waals surface area (Å²) in [5.41, 5.74) is 0. The van der Waals surface area contributed by atoms with Crippen molar-refractivity contribution in [2.45, 2.75) is 6.08 Å². The summed E-state index contributed by atoms with van der Waals surface area (Å²) in [7, 11) is 0. The normalized spacial score (nSPS) is 35.8. The van der Waals surface area contributed by atoms with E-state index in [1.54, 1.807) is 5.32 Å². The molecule has 0 atom stereocenters. The second-order valence-electron chi connectivity index (χ2n) is 2.14. The van der Waals surface area contributed by atoms with Crippen LogP contribution in [-0.4, -0.2) is 19.1 Å². The van der Waals surface area contributed by atoms with E-state index in [1.807, 2.05) is 0 Å². The largest absolute Gasteiger partial charge is 0.488 e. The lowest BCUT2D eigenvalue weighted by Gasteiger charge is -2.27. The molecule has 0 saturated carbocycles. The summed E-state index contributed by atoms with van der Waals surface area (Å²) in [6.45, 7) is -5.41. The average Bonchev–Trinajstić information content (AvgIpc) is 2.37. The van der Waals surface area contributed by atoms with Crippen LogP contribution in [0.1, 0.15) is 11.0 Å². The Morgan fingerprint density at radius 1 is 1.46 bits per heavy atom. The van der Waals surface area contributed by atoms with Crippen molar-refractivity contribution in [3.8, 4) is 5.75 Å². The fourth-order valence-corrected chi connectivity index (χ4v) is 0.707. The molecule has 70 valence electrons. The smallest absolute Gasteiger partial charge is 0.129 e. The van der Waals surface area contributed by atoms with Crippen LogP contribution in [0.25, 0.3) is 0 Å². The van der Waals surface area contributed by atoms with Crippen molar-refractivity contribution in [3.05, 3.63) is 29.8 Å². The van der Waals surface area contributed by atoms with E-state index in [4.69, 9.17) is 11.0 Å². The number of nitrogens with one attached hydrogen (secondary N) is 1. The van der Waals surface area contributed by atoms with Crippen molar-refractivity contribution in [2.75, 3.05) is 13.0 Å². The highest BCUT2D eigenvalue weighted by Gasteiger charge is 2.18. The van der Waals surface area contributed by atoms with Crippen LogP contribution in [0.15, 0.2) is 18.1 Å². The zero-order valence-electron chi connectivity index (χ0n) is 14.2. The van der Waals surface area contributed by atoms with Crippen LogP contribution in [0.5, 0.6) is 5.75 Å². The van der Waals surface area contributed by atoms with Gasteiger partial charge in [-0.3, -0.25) is 0 Å². The van der Waals surface area contributed by atoms with E-state index in [9.17, 15) is 8.78 Å². The maximum Gasteiger partial charge on any atom is 0.129 e. The second-order valence-corrected chi connectivity index (χ2v) is 2.14. The lowest BCUT2D eigenvalue weighted by atomic mass is 10.2. The van der Waals surface area contributed by atoms with Gasteiger partial charge in [-0.25, -0.2) is 8.78 Å². The molecule has 0 unspecified atom stereocenters. The minimum absolute atomic E-state index is 1.13. The van der Waals surface area contributed by atoms with Gasteiger partial charge in [-0.15, -0.1) is 0 Å². The van der Waals surface area contributed by atoms with E-state index in [2.05, 4.69) is 4.74 Å². The van der Waals surface area contributed by atoms with Crippen molar-refractivity contribution in [3.63, 3.8) is 0 Å². The predicted molar refractivity (Wildman–Crippen MR) is 43.6 cm³/mol. The lowest BCUT2D eigenvalue weighted by molar-refractivity contribution is 0.141. The van der Waals surface area contributed by atoms with Crippen LogP contribution in [0.3, 0.4) is 0 Å². The van der Waals surface area contributed by atoms with E-state index in [0.717, 1.165) is 0 Å². The highest BCUT2D eigenvalue weighted by atomic mass is 19.1. The van der Waals surface area contributed by atoms with E-state index >= 15 is 0 Å². The number of halogens is 2. The fourth-order valence-electron chi connectivity index (χ4n) is 0.707. The van der Waals surface area contributed by atoms with Crippen molar-refractivity contribution >= 4 is 0 Å². The fraction of sp³-hybridized carbons (Fsp3) is 0.333. The molecule has 1 aromatic rings. The van der Waals surface area contributed by atoms with Crippen LogP contribution in [0.4, 0.5) is 8.78 Å². The molecule has 0 radical (unpaired) electrons. The summed E-state index contributed by atoms with van der Waals surface area (Å²) in [6, 6.07) is -3.75. The maximum absolute atomic E-state index is 13.5. The highest BCUT2D eigenvalue weighted by Crippen LogP contribution is 2.17. The van der Waals surface area contributed by atoms with Crippen LogP contribution in [0.2, 0.25) is 0 Å². The lowest BCUT2D eigenvalue weighted by Crippen LogP contribution is -2.50. The predicted octanol–water partition coefficient (Wildman–Crippen LogP) is 1.32. The molecular weight excluding hydrogens is 176 g/mol. The van der Waals surface area contributed by atoms with Gasteiger partial charge < -0.3 is 10.1 Å². The van der Waals surface area contributed by atoms with Crippen LogP contribution < -0.4 is 10.1 Å². The van der Waals surface area contributed by atoms with Gasteiger partial charge in [-0.05, 0) is 0 Å². The second kappa shape index (κ2) is 3.30. The van der Waals surface area contributed by atoms with Gasteiger partial charge in [0.1, 0.15) is 23.5 Å². The van der Waals surface area contributed by atoms with Gasteiger partial charge in [0.05, 0.1) is 5.48 Å². The third-order valence-corrected chi connectivity index (χ3v) is 1.22. The first kappa shape index (κ1) is 3.20. The van der Waals surface area contributed by atoms with Gasteiger partial charge in [0.15, 0.2) is 0 Å². The van der Waals surface area contributed by atoms with Gasteiger partial charge >= 0.3 is 0 Å². The molecule has 2 rings (SSSR count). The van der Waals surface area contributed by atoms with Crippen LogP contribution >= 0.6 is 0 Å². The average molecular weight is 193 g/mol. The monoisotopic (exact) mass is 193 g/mol. The summed E-state index contributed by atoms with van der Waals surface area (Å²) in [5.74, 6) is -4.42. The Bertz CT molecular complexity index is 579. The molecular formula is C9H9F2NO. The summed E-state index contributed by atoms with van der Waals surface area (Å²) < 4.78 is 90.5. The topological polar surface area (TPSA) is 21.3 Å². The quantitative estimate of drug-likeness (QED) is 0.764. The summed E-state index contributed by atoms with van der Waals surface area (Å²) in [6.07, 6.45) is -2.95. The molecule has 13 heavy (non-hydrogen) atoms. The first-order chi connectivity index (χ1) is 9.36. The minimum Gasteiger partial charge on any atom is -0.488 e. The molecule has 1 fully saturated rings. The molecule has 0 aliphatic carbocycles. The van der Waals surface area contributed by atoms with E-state index < -0.39 is 54.6 Å². The van der Waals surface area contributed by atoms with E-state index in [1.165, 1.54) is 0 Å². The molecule has 1 aliphatic rings. The number of benzene rings is 1. The molecule has 0 bridgehead atoms. The third-order valence-electron chi connectivity index (χ3n) is 1.22. The molecule has 1 aromatic carbocycles.